The Bertz CT molecular complexity index is 264. The van der Waals surface area contributed by atoms with Crippen LogP contribution in [0.2, 0.25) is 0 Å². The van der Waals surface area contributed by atoms with E-state index in [1.807, 2.05) is 36.4 Å². The summed E-state index contributed by atoms with van der Waals surface area (Å²) in [6.45, 7) is 1.97. The van der Waals surface area contributed by atoms with Gasteiger partial charge in [-0.3, -0.25) is 5.01 Å². The topological polar surface area (TPSA) is 32.9 Å². The Morgan fingerprint density at radius 2 is 2.27 bits per heavy atom. The second-order valence-electron chi connectivity index (χ2n) is 2.51. The van der Waals surface area contributed by atoms with E-state index in [1.54, 1.807) is 6.34 Å². The highest BCUT2D eigenvalue weighted by Crippen LogP contribution is 2.21. The molecule has 0 saturated carbocycles. The van der Waals surface area contributed by atoms with Crippen molar-refractivity contribution in [2.75, 3.05) is 7.05 Å². The molecule has 0 amide bonds. The van der Waals surface area contributed by atoms with Gasteiger partial charge < -0.3 is 0 Å². The molecule has 0 aromatic carbocycles. The maximum Gasteiger partial charge on any atom is 0.138 e. The third kappa shape index (κ3) is 0.790. The van der Waals surface area contributed by atoms with Gasteiger partial charge in [0.2, 0.25) is 0 Å². The molecule has 1 radical (unpaired) electrons. The number of nitrogens with zero attached hydrogens (tertiary/aromatic N) is 4. The fourth-order valence-corrected chi connectivity index (χ4v) is 1.11. The zero-order chi connectivity index (χ0) is 7.84. The highest BCUT2D eigenvalue weighted by molar-refractivity contribution is 5.59. The monoisotopic (exact) mass is 149 g/mol. The van der Waals surface area contributed by atoms with Crippen molar-refractivity contribution in [3.63, 3.8) is 0 Å². The molecule has 0 fully saturated rings. The predicted octanol–water partition coefficient (Wildman–Crippen LogP) is 0.455. The van der Waals surface area contributed by atoms with Gasteiger partial charge in [-0.1, -0.05) is 0 Å². The predicted molar refractivity (Wildman–Crippen MR) is 42.1 cm³/mol. The molecular weight excluding hydrogens is 140 g/mol. The molecule has 0 atom stereocenters. The van der Waals surface area contributed by atoms with Gasteiger partial charge in [0.25, 0.3) is 0 Å². The SMILES string of the molecule is CC1=C2C=CN(C)N2N=C[N]1. The number of hydrogen-bond donors (Lipinski definition) is 0. The average molecular weight is 149 g/mol. The summed E-state index contributed by atoms with van der Waals surface area (Å²) < 4.78 is 0. The lowest BCUT2D eigenvalue weighted by Gasteiger charge is -2.25. The third-order valence-electron chi connectivity index (χ3n) is 1.75. The fraction of sp³-hybridized carbons (Fsp3) is 0.286. The van der Waals surface area contributed by atoms with Gasteiger partial charge in [-0.2, -0.15) is 5.12 Å². The number of hydrazine groups is 1. The van der Waals surface area contributed by atoms with Gasteiger partial charge in [-0.05, 0) is 13.0 Å². The number of hydrogen-bond acceptors (Lipinski definition) is 3. The standard InChI is InChI=1S/C7H9N4/c1-6-7-3-4-10(2)11(7)9-5-8-6/h3-5H,1-2H3. The molecule has 11 heavy (non-hydrogen) atoms. The number of fused-ring (bicyclic) bond motifs is 1. The summed E-state index contributed by atoms with van der Waals surface area (Å²) in [5.41, 5.74) is 2.05. The molecule has 0 N–H and O–H groups in total. The second-order valence-corrected chi connectivity index (χ2v) is 2.51. The van der Waals surface area contributed by atoms with Crippen molar-refractivity contribution in [2.24, 2.45) is 5.10 Å². The Morgan fingerprint density at radius 3 is 3.00 bits per heavy atom. The van der Waals surface area contributed by atoms with Gasteiger partial charge >= 0.3 is 0 Å². The Balaban J connectivity index is 2.38. The highest BCUT2D eigenvalue weighted by Gasteiger charge is 2.20. The van der Waals surface area contributed by atoms with Crippen molar-refractivity contribution < 1.29 is 0 Å². The first kappa shape index (κ1) is 6.27. The Kier molecular flexibility index (Phi) is 1.15. The van der Waals surface area contributed by atoms with E-state index in [1.165, 1.54) is 0 Å². The molecule has 0 aromatic rings. The van der Waals surface area contributed by atoms with E-state index >= 15 is 0 Å². The van der Waals surface area contributed by atoms with Crippen LogP contribution in [0.15, 0.2) is 28.8 Å². The molecule has 2 rings (SSSR count). The molecule has 0 aliphatic carbocycles. The van der Waals surface area contributed by atoms with Crippen LogP contribution in [-0.4, -0.2) is 23.5 Å². The Hall–Kier alpha value is -1.45. The lowest BCUT2D eigenvalue weighted by Crippen LogP contribution is -2.30. The van der Waals surface area contributed by atoms with Crippen molar-refractivity contribution in [2.45, 2.75) is 6.92 Å². The van der Waals surface area contributed by atoms with Crippen molar-refractivity contribution in [1.29, 1.82) is 0 Å². The molecule has 2 heterocycles. The summed E-state index contributed by atoms with van der Waals surface area (Å²) in [5, 5.41) is 11.9. The molecule has 0 bridgehead atoms. The van der Waals surface area contributed by atoms with Crippen molar-refractivity contribution >= 4 is 6.34 Å². The van der Waals surface area contributed by atoms with Crippen LogP contribution in [0.4, 0.5) is 0 Å². The molecule has 0 saturated heterocycles. The van der Waals surface area contributed by atoms with E-state index in [0.29, 0.717) is 0 Å². The third-order valence-corrected chi connectivity index (χ3v) is 1.75. The smallest absolute Gasteiger partial charge is 0.138 e. The number of allylic oxidation sites excluding steroid dienone is 2. The van der Waals surface area contributed by atoms with E-state index in [-0.39, 0.29) is 0 Å². The first-order chi connectivity index (χ1) is 5.29. The van der Waals surface area contributed by atoms with Crippen LogP contribution in [0.1, 0.15) is 6.92 Å². The van der Waals surface area contributed by atoms with Crippen LogP contribution in [0.25, 0.3) is 0 Å². The normalized spacial score (nSPS) is 20.9. The number of rotatable bonds is 0. The van der Waals surface area contributed by atoms with Crippen LogP contribution in [-0.2, 0) is 0 Å². The highest BCUT2D eigenvalue weighted by atomic mass is 15.8. The first-order valence-electron chi connectivity index (χ1n) is 3.44. The quantitative estimate of drug-likeness (QED) is 0.501. The Labute approximate surface area is 65.4 Å². The summed E-state index contributed by atoms with van der Waals surface area (Å²) in [5.74, 6) is 0. The van der Waals surface area contributed by atoms with E-state index in [9.17, 15) is 0 Å². The molecule has 4 nitrogen and oxygen atoms in total. The van der Waals surface area contributed by atoms with Gasteiger partial charge in [-0.15, -0.1) is 5.10 Å². The van der Waals surface area contributed by atoms with Crippen LogP contribution in [0.3, 0.4) is 0 Å². The van der Waals surface area contributed by atoms with Crippen LogP contribution >= 0.6 is 0 Å². The lowest BCUT2D eigenvalue weighted by molar-refractivity contribution is 0.113. The maximum atomic E-state index is 4.08. The second kappa shape index (κ2) is 2.02. The van der Waals surface area contributed by atoms with E-state index in [2.05, 4.69) is 10.4 Å². The van der Waals surface area contributed by atoms with Gasteiger partial charge in [0.1, 0.15) is 12.0 Å². The Morgan fingerprint density at radius 1 is 1.45 bits per heavy atom. The zero-order valence-corrected chi connectivity index (χ0v) is 6.52. The van der Waals surface area contributed by atoms with E-state index in [0.717, 1.165) is 11.4 Å². The minimum absolute atomic E-state index is 1.00. The van der Waals surface area contributed by atoms with E-state index < -0.39 is 0 Å². The summed E-state index contributed by atoms with van der Waals surface area (Å²) in [6, 6.07) is 0. The lowest BCUT2D eigenvalue weighted by atomic mass is 10.3. The van der Waals surface area contributed by atoms with Gasteiger partial charge in [0.15, 0.2) is 0 Å². The molecular formula is C7H9N4. The molecule has 0 aromatic heterocycles. The fourth-order valence-electron chi connectivity index (χ4n) is 1.11. The van der Waals surface area contributed by atoms with E-state index in [4.69, 9.17) is 0 Å². The minimum Gasteiger partial charge on any atom is -0.275 e. The molecule has 57 valence electrons. The largest absolute Gasteiger partial charge is 0.275 e. The van der Waals surface area contributed by atoms with Crippen LogP contribution in [0, 0.1) is 0 Å². The maximum absolute atomic E-state index is 4.08. The molecule has 4 heteroatoms. The van der Waals surface area contributed by atoms with Crippen molar-refractivity contribution in [1.82, 2.24) is 15.4 Å². The summed E-state index contributed by atoms with van der Waals surface area (Å²) >= 11 is 0. The van der Waals surface area contributed by atoms with Crippen LogP contribution < -0.4 is 5.32 Å². The van der Waals surface area contributed by atoms with Crippen LogP contribution in [0.5, 0.6) is 0 Å². The van der Waals surface area contributed by atoms with Gasteiger partial charge in [0.05, 0.1) is 5.70 Å². The van der Waals surface area contributed by atoms with Crippen molar-refractivity contribution in [3.8, 4) is 0 Å². The minimum atomic E-state index is 1.00. The molecule has 0 unspecified atom stereocenters. The molecule has 2 aliphatic rings. The first-order valence-corrected chi connectivity index (χ1v) is 3.44. The number of hydrazone groups is 1. The summed E-state index contributed by atoms with van der Waals surface area (Å²) in [6.07, 6.45) is 5.51. The van der Waals surface area contributed by atoms with Crippen molar-refractivity contribution in [3.05, 3.63) is 23.7 Å². The molecule has 0 spiro atoms. The van der Waals surface area contributed by atoms with Gasteiger partial charge in [0, 0.05) is 13.2 Å². The molecule has 2 aliphatic heterocycles. The average Bonchev–Trinajstić information content (AvgIpc) is 2.35. The zero-order valence-electron chi connectivity index (χ0n) is 6.52. The van der Waals surface area contributed by atoms with Gasteiger partial charge in [-0.25, -0.2) is 5.32 Å². The summed E-state index contributed by atoms with van der Waals surface area (Å²) in [7, 11) is 1.94. The summed E-state index contributed by atoms with van der Waals surface area (Å²) in [4.78, 5) is 0.